The van der Waals surface area contributed by atoms with Gasteiger partial charge in [-0.25, -0.2) is 0 Å². The third kappa shape index (κ3) is 2.36. The fourth-order valence-electron chi connectivity index (χ4n) is 0.945. The van der Waals surface area contributed by atoms with Crippen molar-refractivity contribution in [2.45, 2.75) is 6.10 Å². The van der Waals surface area contributed by atoms with E-state index in [1.165, 1.54) is 0 Å². The molecule has 0 saturated carbocycles. The highest BCUT2D eigenvalue weighted by Crippen LogP contribution is 2.12. The lowest BCUT2D eigenvalue weighted by molar-refractivity contribution is 0.228. The fourth-order valence-corrected chi connectivity index (χ4v) is 0.945. The highest BCUT2D eigenvalue weighted by molar-refractivity contribution is 5.21. The van der Waals surface area contributed by atoms with Crippen LogP contribution < -0.4 is 0 Å². The van der Waals surface area contributed by atoms with Crippen molar-refractivity contribution in [3.8, 4) is 0 Å². The molecule has 1 nitrogen and oxygen atoms in total. The standard InChI is InChI=1S/C11H12O/c1-2-3-9-11(12)10-7-5-4-6-8-10/h2-9,11-12H,1H2/b9-3+/t11-/m1/s1. The number of hydrogen-bond acceptors (Lipinski definition) is 1. The van der Waals surface area contributed by atoms with Gasteiger partial charge in [0.05, 0.1) is 6.10 Å². The van der Waals surface area contributed by atoms with Gasteiger partial charge < -0.3 is 5.11 Å². The molecule has 1 atom stereocenters. The molecule has 1 heteroatoms. The van der Waals surface area contributed by atoms with Crippen molar-refractivity contribution >= 4 is 0 Å². The quantitative estimate of drug-likeness (QED) is 0.673. The fraction of sp³-hybridized carbons (Fsp3) is 0.0909. The number of allylic oxidation sites excluding steroid dienone is 2. The summed E-state index contributed by atoms with van der Waals surface area (Å²) in [5, 5.41) is 9.52. The Balaban J connectivity index is 2.71. The zero-order valence-electron chi connectivity index (χ0n) is 6.85. The van der Waals surface area contributed by atoms with Gasteiger partial charge in [0.25, 0.3) is 0 Å². The predicted octanol–water partition coefficient (Wildman–Crippen LogP) is 2.46. The minimum atomic E-state index is -0.524. The van der Waals surface area contributed by atoms with Crippen molar-refractivity contribution in [2.75, 3.05) is 0 Å². The Morgan fingerprint density at radius 2 is 1.92 bits per heavy atom. The van der Waals surface area contributed by atoms with Crippen LogP contribution in [0.4, 0.5) is 0 Å². The van der Waals surface area contributed by atoms with Gasteiger partial charge in [-0.1, -0.05) is 55.1 Å². The van der Waals surface area contributed by atoms with Crippen LogP contribution in [0, 0.1) is 0 Å². The molecule has 1 N–H and O–H groups in total. The molecule has 1 rings (SSSR count). The summed E-state index contributed by atoms with van der Waals surface area (Å²) in [6.45, 7) is 3.53. The van der Waals surface area contributed by atoms with E-state index in [4.69, 9.17) is 0 Å². The molecule has 0 aliphatic rings. The zero-order valence-corrected chi connectivity index (χ0v) is 6.85. The van der Waals surface area contributed by atoms with Crippen LogP contribution in [0.2, 0.25) is 0 Å². The van der Waals surface area contributed by atoms with E-state index in [1.54, 1.807) is 18.2 Å². The van der Waals surface area contributed by atoms with E-state index in [9.17, 15) is 5.11 Å². The summed E-state index contributed by atoms with van der Waals surface area (Å²) in [4.78, 5) is 0. The van der Waals surface area contributed by atoms with Gasteiger partial charge in [-0.2, -0.15) is 0 Å². The normalized spacial score (nSPS) is 13.1. The first kappa shape index (κ1) is 8.75. The van der Waals surface area contributed by atoms with Crippen LogP contribution in [0.25, 0.3) is 0 Å². The largest absolute Gasteiger partial charge is 0.384 e. The summed E-state index contributed by atoms with van der Waals surface area (Å²) in [5.74, 6) is 0. The molecule has 0 spiro atoms. The van der Waals surface area contributed by atoms with Crippen LogP contribution in [0.5, 0.6) is 0 Å². The second-order valence-corrected chi connectivity index (χ2v) is 2.48. The van der Waals surface area contributed by atoms with E-state index < -0.39 is 6.10 Å². The van der Waals surface area contributed by atoms with E-state index >= 15 is 0 Å². The summed E-state index contributed by atoms with van der Waals surface area (Å²) in [7, 11) is 0. The van der Waals surface area contributed by atoms with Crippen LogP contribution in [0.1, 0.15) is 11.7 Å². The van der Waals surface area contributed by atoms with Gasteiger partial charge >= 0.3 is 0 Å². The Labute approximate surface area is 72.7 Å². The Morgan fingerprint density at radius 1 is 1.25 bits per heavy atom. The molecule has 0 bridgehead atoms. The molecule has 0 saturated heterocycles. The Bertz CT molecular complexity index is 262. The molecule has 1 aromatic rings. The lowest BCUT2D eigenvalue weighted by Crippen LogP contribution is -1.91. The maximum absolute atomic E-state index is 9.52. The molecule has 0 heterocycles. The predicted molar refractivity (Wildman–Crippen MR) is 50.7 cm³/mol. The third-order valence-electron chi connectivity index (χ3n) is 1.57. The highest BCUT2D eigenvalue weighted by Gasteiger charge is 1.99. The second-order valence-electron chi connectivity index (χ2n) is 2.48. The molecule has 0 aliphatic carbocycles. The average Bonchev–Trinajstić information content (AvgIpc) is 2.15. The maximum Gasteiger partial charge on any atom is 0.0974 e. The Hall–Kier alpha value is -1.34. The van der Waals surface area contributed by atoms with Crippen LogP contribution >= 0.6 is 0 Å². The van der Waals surface area contributed by atoms with Crippen LogP contribution in [0.15, 0.2) is 55.1 Å². The number of aliphatic hydroxyl groups is 1. The third-order valence-corrected chi connectivity index (χ3v) is 1.57. The van der Waals surface area contributed by atoms with Gasteiger partial charge in [0.15, 0.2) is 0 Å². The smallest absolute Gasteiger partial charge is 0.0974 e. The van der Waals surface area contributed by atoms with Crippen molar-refractivity contribution in [3.63, 3.8) is 0 Å². The molecular formula is C11H12O. The van der Waals surface area contributed by atoms with Gasteiger partial charge in [-0.15, -0.1) is 0 Å². The van der Waals surface area contributed by atoms with E-state index in [0.29, 0.717) is 0 Å². The highest BCUT2D eigenvalue weighted by atomic mass is 16.3. The summed E-state index contributed by atoms with van der Waals surface area (Å²) in [6.07, 6.45) is 4.55. The van der Waals surface area contributed by atoms with Crippen LogP contribution in [-0.4, -0.2) is 5.11 Å². The Morgan fingerprint density at radius 3 is 2.50 bits per heavy atom. The molecule has 1 aromatic carbocycles. The lowest BCUT2D eigenvalue weighted by Gasteiger charge is -2.03. The van der Waals surface area contributed by atoms with Crippen molar-refractivity contribution in [2.24, 2.45) is 0 Å². The number of aliphatic hydroxyl groups excluding tert-OH is 1. The summed E-state index contributed by atoms with van der Waals surface area (Å²) in [5.41, 5.74) is 0.899. The summed E-state index contributed by atoms with van der Waals surface area (Å²) in [6, 6.07) is 9.50. The molecule has 0 fully saturated rings. The molecule has 12 heavy (non-hydrogen) atoms. The zero-order chi connectivity index (χ0) is 8.81. The average molecular weight is 160 g/mol. The molecule has 0 aliphatic heterocycles. The van der Waals surface area contributed by atoms with E-state index in [1.807, 2.05) is 30.3 Å². The van der Waals surface area contributed by atoms with E-state index in [2.05, 4.69) is 6.58 Å². The van der Waals surface area contributed by atoms with E-state index in [0.717, 1.165) is 5.56 Å². The van der Waals surface area contributed by atoms with Crippen molar-refractivity contribution in [3.05, 3.63) is 60.7 Å². The van der Waals surface area contributed by atoms with Gasteiger partial charge in [0, 0.05) is 0 Å². The Kier molecular flexibility index (Phi) is 3.30. The van der Waals surface area contributed by atoms with E-state index in [-0.39, 0.29) is 0 Å². The molecule has 62 valence electrons. The van der Waals surface area contributed by atoms with Gasteiger partial charge in [0.1, 0.15) is 0 Å². The molecule has 0 amide bonds. The van der Waals surface area contributed by atoms with Gasteiger partial charge in [-0.3, -0.25) is 0 Å². The van der Waals surface area contributed by atoms with Crippen molar-refractivity contribution in [1.29, 1.82) is 0 Å². The number of benzene rings is 1. The summed E-state index contributed by atoms with van der Waals surface area (Å²) < 4.78 is 0. The van der Waals surface area contributed by atoms with Crippen molar-refractivity contribution < 1.29 is 5.11 Å². The SMILES string of the molecule is C=C/C=C/[C@@H](O)c1ccccc1. The first-order valence-electron chi connectivity index (χ1n) is 3.87. The minimum Gasteiger partial charge on any atom is -0.384 e. The topological polar surface area (TPSA) is 20.2 Å². The van der Waals surface area contributed by atoms with Crippen LogP contribution in [-0.2, 0) is 0 Å². The van der Waals surface area contributed by atoms with Crippen LogP contribution in [0.3, 0.4) is 0 Å². The lowest BCUT2D eigenvalue weighted by atomic mass is 10.1. The molecular weight excluding hydrogens is 148 g/mol. The number of hydrogen-bond donors (Lipinski definition) is 1. The first-order chi connectivity index (χ1) is 5.84. The van der Waals surface area contributed by atoms with Gasteiger partial charge in [-0.05, 0) is 5.56 Å². The van der Waals surface area contributed by atoms with Crippen molar-refractivity contribution in [1.82, 2.24) is 0 Å². The minimum absolute atomic E-state index is 0.524. The monoisotopic (exact) mass is 160 g/mol. The molecule has 0 radical (unpaired) electrons. The van der Waals surface area contributed by atoms with Gasteiger partial charge in [0.2, 0.25) is 0 Å². The number of rotatable bonds is 3. The maximum atomic E-state index is 9.52. The summed E-state index contributed by atoms with van der Waals surface area (Å²) >= 11 is 0. The molecule has 0 unspecified atom stereocenters. The molecule has 0 aromatic heterocycles. The first-order valence-corrected chi connectivity index (χ1v) is 3.87. The second kappa shape index (κ2) is 4.52.